The van der Waals surface area contributed by atoms with Gasteiger partial charge in [0.15, 0.2) is 4.73 Å². The van der Waals surface area contributed by atoms with Gasteiger partial charge in [-0.15, -0.1) is 0 Å². The van der Waals surface area contributed by atoms with Crippen LogP contribution < -0.4 is 0 Å². The maximum Gasteiger partial charge on any atom is 0.178 e. The van der Waals surface area contributed by atoms with Gasteiger partial charge in [-0.1, -0.05) is 23.7 Å². The molecule has 0 atom stereocenters. The number of imidazole rings is 1. The summed E-state index contributed by atoms with van der Waals surface area (Å²) in [6, 6.07) is 11.8. The van der Waals surface area contributed by atoms with Crippen LogP contribution in [0, 0.1) is 0 Å². The third-order valence-corrected chi connectivity index (χ3v) is 4.17. The minimum atomic E-state index is 0.728. The van der Waals surface area contributed by atoms with Gasteiger partial charge in [0.25, 0.3) is 0 Å². The van der Waals surface area contributed by atoms with E-state index in [2.05, 4.69) is 37.4 Å². The molecule has 0 fully saturated rings. The van der Waals surface area contributed by atoms with Crippen molar-refractivity contribution in [2.24, 2.45) is 0 Å². The molecular weight excluding hydrogens is 350 g/mol. The molecule has 0 bridgehead atoms. The van der Waals surface area contributed by atoms with E-state index >= 15 is 0 Å². The van der Waals surface area contributed by atoms with Crippen molar-refractivity contribution >= 4 is 27.5 Å². The Kier molecular flexibility index (Phi) is 4.08. The molecule has 0 aliphatic rings. The van der Waals surface area contributed by atoms with Crippen LogP contribution in [0.4, 0.5) is 0 Å². The Morgan fingerprint density at radius 2 is 1.71 bits per heavy atom. The van der Waals surface area contributed by atoms with Crippen LogP contribution in [0.25, 0.3) is 22.5 Å². The molecule has 106 valence electrons. The molecule has 0 aliphatic heterocycles. The van der Waals surface area contributed by atoms with E-state index in [1.54, 1.807) is 12.4 Å². The Morgan fingerprint density at radius 1 is 1.05 bits per heavy atom. The molecule has 2 aromatic heterocycles. The fourth-order valence-corrected chi connectivity index (χ4v) is 3.06. The smallest absolute Gasteiger partial charge is 0.178 e. The summed E-state index contributed by atoms with van der Waals surface area (Å²) in [6.07, 6.45) is 3.56. The first-order chi connectivity index (χ1) is 10.2. The molecule has 0 aliphatic carbocycles. The van der Waals surface area contributed by atoms with E-state index in [-0.39, 0.29) is 0 Å². The molecule has 0 amide bonds. The second kappa shape index (κ2) is 6.00. The van der Waals surface area contributed by atoms with Gasteiger partial charge in [0.2, 0.25) is 0 Å². The molecule has 5 heteroatoms. The highest BCUT2D eigenvalue weighted by molar-refractivity contribution is 9.10. The Labute approximate surface area is 136 Å². The molecule has 3 aromatic rings. The quantitative estimate of drug-likeness (QED) is 0.653. The topological polar surface area (TPSA) is 30.7 Å². The van der Waals surface area contributed by atoms with Crippen LogP contribution in [0.15, 0.2) is 53.5 Å². The Balaban J connectivity index is 2.24. The number of halogens is 2. The average Bonchev–Trinajstić information content (AvgIpc) is 2.85. The van der Waals surface area contributed by atoms with Gasteiger partial charge in [-0.25, -0.2) is 4.98 Å². The monoisotopic (exact) mass is 361 g/mol. The molecule has 21 heavy (non-hydrogen) atoms. The zero-order valence-corrected chi connectivity index (χ0v) is 13.8. The molecule has 3 nitrogen and oxygen atoms in total. The summed E-state index contributed by atoms with van der Waals surface area (Å²) in [5.41, 5.74) is 4.15. The van der Waals surface area contributed by atoms with Crippen molar-refractivity contribution in [1.82, 2.24) is 14.5 Å². The van der Waals surface area contributed by atoms with Crippen molar-refractivity contribution in [3.05, 3.63) is 58.5 Å². The molecule has 0 unspecified atom stereocenters. The number of nitrogens with zero attached hydrogens (tertiary/aromatic N) is 3. The summed E-state index contributed by atoms with van der Waals surface area (Å²) in [5, 5.41) is 0.728. The van der Waals surface area contributed by atoms with Gasteiger partial charge >= 0.3 is 0 Å². The molecule has 2 heterocycles. The van der Waals surface area contributed by atoms with Crippen molar-refractivity contribution < 1.29 is 0 Å². The number of hydrogen-bond acceptors (Lipinski definition) is 2. The Bertz CT molecular complexity index is 751. The van der Waals surface area contributed by atoms with Crippen molar-refractivity contribution in [2.75, 3.05) is 0 Å². The van der Waals surface area contributed by atoms with E-state index in [9.17, 15) is 0 Å². The lowest BCUT2D eigenvalue weighted by molar-refractivity contribution is 0.748. The number of benzene rings is 1. The van der Waals surface area contributed by atoms with Crippen molar-refractivity contribution in [2.45, 2.75) is 13.5 Å². The van der Waals surface area contributed by atoms with Gasteiger partial charge in [-0.05, 0) is 47.1 Å². The Morgan fingerprint density at radius 3 is 2.33 bits per heavy atom. The molecule has 1 aromatic carbocycles. The first-order valence-corrected chi connectivity index (χ1v) is 7.80. The number of aromatic nitrogens is 3. The lowest BCUT2D eigenvalue weighted by Gasteiger charge is -2.09. The van der Waals surface area contributed by atoms with Gasteiger partial charge in [0.1, 0.15) is 0 Å². The third kappa shape index (κ3) is 2.74. The Hall–Kier alpha value is -1.65. The SMILES string of the molecule is CCn1c(Br)nc(-c2ccncc2)c1-c1ccc(Cl)cc1. The van der Waals surface area contributed by atoms with E-state index in [0.717, 1.165) is 38.8 Å². The van der Waals surface area contributed by atoms with Crippen LogP contribution in [-0.4, -0.2) is 14.5 Å². The van der Waals surface area contributed by atoms with Crippen LogP contribution in [-0.2, 0) is 6.54 Å². The third-order valence-electron chi connectivity index (χ3n) is 3.31. The second-order valence-corrected chi connectivity index (χ2v) is 5.71. The first-order valence-electron chi connectivity index (χ1n) is 6.63. The number of pyridine rings is 1. The normalized spacial score (nSPS) is 10.8. The minimum absolute atomic E-state index is 0.728. The van der Waals surface area contributed by atoms with Gasteiger partial charge in [0.05, 0.1) is 11.4 Å². The zero-order chi connectivity index (χ0) is 14.8. The highest BCUT2D eigenvalue weighted by atomic mass is 79.9. The van der Waals surface area contributed by atoms with E-state index in [0.29, 0.717) is 0 Å². The number of hydrogen-bond donors (Lipinski definition) is 0. The first kappa shape index (κ1) is 14.3. The predicted octanol–water partition coefficient (Wildman–Crippen LogP) is 5.05. The standard InChI is InChI=1S/C16H13BrClN3/c1-2-21-15(12-3-5-13(18)6-4-12)14(20-16(21)17)11-7-9-19-10-8-11/h3-10H,2H2,1H3. The summed E-state index contributed by atoms with van der Waals surface area (Å²) in [5.74, 6) is 0. The molecular formula is C16H13BrClN3. The van der Waals surface area contributed by atoms with Crippen LogP contribution in [0.2, 0.25) is 5.02 Å². The van der Waals surface area contributed by atoms with Gasteiger partial charge in [-0.3, -0.25) is 4.98 Å². The molecule has 0 saturated heterocycles. The van der Waals surface area contributed by atoms with Gasteiger partial charge in [-0.2, -0.15) is 0 Å². The second-order valence-electron chi connectivity index (χ2n) is 4.57. The van der Waals surface area contributed by atoms with Crippen LogP contribution in [0.3, 0.4) is 0 Å². The van der Waals surface area contributed by atoms with E-state index in [4.69, 9.17) is 11.6 Å². The van der Waals surface area contributed by atoms with E-state index in [1.807, 2.05) is 36.4 Å². The van der Waals surface area contributed by atoms with Gasteiger partial charge in [0, 0.05) is 35.1 Å². The van der Waals surface area contributed by atoms with Crippen molar-refractivity contribution in [1.29, 1.82) is 0 Å². The molecule has 3 rings (SSSR count). The van der Waals surface area contributed by atoms with E-state index < -0.39 is 0 Å². The summed E-state index contributed by atoms with van der Waals surface area (Å²) >= 11 is 9.54. The summed E-state index contributed by atoms with van der Waals surface area (Å²) in [6.45, 7) is 2.93. The highest BCUT2D eigenvalue weighted by Gasteiger charge is 2.17. The molecule has 0 radical (unpaired) electrons. The minimum Gasteiger partial charge on any atom is -0.318 e. The van der Waals surface area contributed by atoms with Crippen molar-refractivity contribution in [3.63, 3.8) is 0 Å². The van der Waals surface area contributed by atoms with Crippen LogP contribution >= 0.6 is 27.5 Å². The predicted molar refractivity (Wildman–Crippen MR) is 89.3 cm³/mol. The molecule has 0 spiro atoms. The van der Waals surface area contributed by atoms with Crippen LogP contribution in [0.1, 0.15) is 6.92 Å². The highest BCUT2D eigenvalue weighted by Crippen LogP contribution is 2.34. The lowest BCUT2D eigenvalue weighted by atomic mass is 10.1. The zero-order valence-electron chi connectivity index (χ0n) is 11.4. The van der Waals surface area contributed by atoms with Crippen LogP contribution in [0.5, 0.6) is 0 Å². The maximum absolute atomic E-state index is 5.99. The fourth-order valence-electron chi connectivity index (χ4n) is 2.33. The summed E-state index contributed by atoms with van der Waals surface area (Å²) < 4.78 is 2.96. The fraction of sp³-hybridized carbons (Fsp3) is 0.125. The summed E-state index contributed by atoms with van der Waals surface area (Å²) in [7, 11) is 0. The number of rotatable bonds is 3. The maximum atomic E-state index is 5.99. The lowest BCUT2D eigenvalue weighted by Crippen LogP contribution is -1.97. The summed E-state index contributed by atoms with van der Waals surface area (Å²) in [4.78, 5) is 8.74. The average molecular weight is 363 g/mol. The molecule has 0 saturated carbocycles. The van der Waals surface area contributed by atoms with E-state index in [1.165, 1.54) is 0 Å². The van der Waals surface area contributed by atoms with Crippen molar-refractivity contribution in [3.8, 4) is 22.5 Å². The van der Waals surface area contributed by atoms with Gasteiger partial charge < -0.3 is 4.57 Å². The molecule has 0 N–H and O–H groups in total. The largest absolute Gasteiger partial charge is 0.318 e.